The number of nitrogens with zero attached hydrogens (tertiary/aromatic N) is 3. The molecule has 2 atom stereocenters. The van der Waals surface area contributed by atoms with Crippen LogP contribution >= 0.6 is 0 Å². The number of hydrogen-bond acceptors (Lipinski definition) is 5. The molecular formula is C22H34N4O3. The smallest absolute Gasteiger partial charge is 0.273 e. The van der Waals surface area contributed by atoms with Gasteiger partial charge in [0.05, 0.1) is 0 Å². The molecule has 1 aromatic heterocycles. The summed E-state index contributed by atoms with van der Waals surface area (Å²) in [7, 11) is 4.25. The number of likely N-dealkylation sites (tertiary alicyclic amines) is 1. The number of piperidine rings is 1. The van der Waals surface area contributed by atoms with Gasteiger partial charge in [0, 0.05) is 42.6 Å². The second kappa shape index (κ2) is 8.46. The third kappa shape index (κ3) is 4.65. The topological polar surface area (TPSA) is 78.7 Å². The lowest BCUT2D eigenvalue weighted by Crippen LogP contribution is -2.52. The van der Waals surface area contributed by atoms with Crippen LogP contribution in [0.5, 0.6) is 0 Å². The number of carbonyl (C=O) groups excluding carboxylic acids is 2. The van der Waals surface area contributed by atoms with Crippen LogP contribution in [0.3, 0.4) is 0 Å². The van der Waals surface area contributed by atoms with Gasteiger partial charge >= 0.3 is 0 Å². The van der Waals surface area contributed by atoms with E-state index >= 15 is 0 Å². The molecule has 3 aliphatic rings. The maximum atomic E-state index is 13.1. The molecule has 1 unspecified atom stereocenters. The summed E-state index contributed by atoms with van der Waals surface area (Å²) in [4.78, 5) is 29.9. The van der Waals surface area contributed by atoms with Crippen LogP contribution in [0, 0.1) is 5.92 Å². The fourth-order valence-electron chi connectivity index (χ4n) is 4.92. The molecule has 0 bridgehead atoms. The Morgan fingerprint density at radius 3 is 2.48 bits per heavy atom. The predicted molar refractivity (Wildman–Crippen MR) is 110 cm³/mol. The summed E-state index contributed by atoms with van der Waals surface area (Å²) < 4.78 is 5.29. The Kier molecular flexibility index (Phi) is 5.95. The molecule has 29 heavy (non-hydrogen) atoms. The average molecular weight is 403 g/mol. The Morgan fingerprint density at radius 1 is 1.14 bits per heavy atom. The van der Waals surface area contributed by atoms with E-state index in [-0.39, 0.29) is 23.9 Å². The highest BCUT2D eigenvalue weighted by atomic mass is 16.5. The van der Waals surface area contributed by atoms with Crippen LogP contribution in [0.4, 0.5) is 0 Å². The summed E-state index contributed by atoms with van der Waals surface area (Å²) in [6.07, 6.45) is 8.00. The van der Waals surface area contributed by atoms with Crippen molar-refractivity contribution in [3.8, 4) is 0 Å². The number of carbonyl (C=O) groups is 2. The minimum atomic E-state index is -0.167. The van der Waals surface area contributed by atoms with E-state index in [4.69, 9.17) is 4.52 Å². The molecule has 2 aliphatic carbocycles. The van der Waals surface area contributed by atoms with Gasteiger partial charge in [-0.25, -0.2) is 0 Å². The summed E-state index contributed by atoms with van der Waals surface area (Å²) in [6.45, 7) is 2.81. The summed E-state index contributed by atoms with van der Waals surface area (Å²) in [5, 5.41) is 7.02. The quantitative estimate of drug-likeness (QED) is 0.819. The molecule has 7 nitrogen and oxygen atoms in total. The van der Waals surface area contributed by atoms with E-state index in [2.05, 4.69) is 36.4 Å². The highest BCUT2D eigenvalue weighted by molar-refractivity contribution is 5.92. The van der Waals surface area contributed by atoms with Gasteiger partial charge in [-0.2, -0.15) is 0 Å². The molecule has 0 spiro atoms. The first-order valence-corrected chi connectivity index (χ1v) is 11.2. The van der Waals surface area contributed by atoms with Crippen molar-refractivity contribution in [2.45, 2.75) is 82.3 Å². The molecule has 0 radical (unpaired) electrons. The van der Waals surface area contributed by atoms with Crippen molar-refractivity contribution in [2.75, 3.05) is 20.6 Å². The fraction of sp³-hybridized carbons (Fsp3) is 0.773. The molecule has 0 aromatic carbocycles. The zero-order valence-electron chi connectivity index (χ0n) is 17.9. The Balaban J connectivity index is 1.26. The Hall–Kier alpha value is -1.89. The van der Waals surface area contributed by atoms with Crippen molar-refractivity contribution >= 4 is 11.8 Å². The van der Waals surface area contributed by atoms with E-state index < -0.39 is 0 Å². The summed E-state index contributed by atoms with van der Waals surface area (Å²) >= 11 is 0. The molecule has 1 aliphatic heterocycles. The van der Waals surface area contributed by atoms with Gasteiger partial charge in [0.25, 0.3) is 5.91 Å². The first kappa shape index (κ1) is 20.4. The fourth-order valence-corrected chi connectivity index (χ4v) is 4.92. The second-order valence-electron chi connectivity index (χ2n) is 9.43. The maximum Gasteiger partial charge on any atom is 0.273 e. The molecule has 7 heteroatoms. The summed E-state index contributed by atoms with van der Waals surface area (Å²) in [5.41, 5.74) is 0.371. The van der Waals surface area contributed by atoms with E-state index in [1.807, 2.05) is 4.90 Å². The zero-order chi connectivity index (χ0) is 20.5. The van der Waals surface area contributed by atoms with Crippen LogP contribution in [-0.2, 0) is 4.79 Å². The average Bonchev–Trinajstić information content (AvgIpc) is 3.44. The lowest BCUT2D eigenvalue weighted by Gasteiger charge is -2.41. The first-order chi connectivity index (χ1) is 13.9. The molecule has 1 N–H and O–H groups in total. The van der Waals surface area contributed by atoms with Crippen LogP contribution in [0.2, 0.25) is 0 Å². The van der Waals surface area contributed by atoms with Crippen molar-refractivity contribution in [3.05, 3.63) is 17.5 Å². The summed E-state index contributed by atoms with van der Waals surface area (Å²) in [6, 6.07) is 2.60. The van der Waals surface area contributed by atoms with Crippen LogP contribution in [0.15, 0.2) is 10.6 Å². The molecule has 1 saturated heterocycles. The van der Waals surface area contributed by atoms with E-state index in [1.165, 1.54) is 0 Å². The number of aromatic nitrogens is 1. The van der Waals surface area contributed by atoms with Gasteiger partial charge in [-0.1, -0.05) is 5.16 Å². The Bertz CT molecular complexity index is 734. The maximum absolute atomic E-state index is 13.1. The monoisotopic (exact) mass is 402 g/mol. The van der Waals surface area contributed by atoms with Gasteiger partial charge in [-0.05, 0) is 72.4 Å². The first-order valence-electron chi connectivity index (χ1n) is 11.2. The molecule has 2 amide bonds. The lowest BCUT2D eigenvalue weighted by atomic mass is 9.83. The Labute approximate surface area is 173 Å². The van der Waals surface area contributed by atoms with Gasteiger partial charge in [-0.3, -0.25) is 9.59 Å². The van der Waals surface area contributed by atoms with E-state index in [1.54, 1.807) is 6.07 Å². The van der Waals surface area contributed by atoms with E-state index in [9.17, 15) is 9.59 Å². The van der Waals surface area contributed by atoms with Crippen LogP contribution in [0.25, 0.3) is 0 Å². The minimum Gasteiger partial charge on any atom is -0.360 e. The zero-order valence-corrected chi connectivity index (χ0v) is 17.9. The SMILES string of the molecule is C[C@H]1CC(NC(=O)c2cc(C3CC3)on2)CCN1C(=O)C1CCC(N(C)C)CC1. The molecule has 160 valence electrons. The third-order valence-electron chi connectivity index (χ3n) is 7.01. The molecule has 2 heterocycles. The number of nitrogens with one attached hydrogen (secondary N) is 1. The van der Waals surface area contributed by atoms with Gasteiger partial charge < -0.3 is 19.6 Å². The molecule has 1 aromatic rings. The summed E-state index contributed by atoms with van der Waals surface area (Å²) in [5.74, 6) is 1.58. The normalized spacial score (nSPS) is 30.4. The minimum absolute atomic E-state index is 0.0760. The largest absolute Gasteiger partial charge is 0.360 e. The molecule has 4 rings (SSSR count). The van der Waals surface area contributed by atoms with Crippen LogP contribution in [-0.4, -0.2) is 65.5 Å². The van der Waals surface area contributed by atoms with E-state index in [0.29, 0.717) is 30.1 Å². The predicted octanol–water partition coefficient (Wildman–Crippen LogP) is 2.78. The van der Waals surface area contributed by atoms with Gasteiger partial charge in [0.2, 0.25) is 5.91 Å². The van der Waals surface area contributed by atoms with Crippen LogP contribution < -0.4 is 5.32 Å². The lowest BCUT2D eigenvalue weighted by molar-refractivity contribution is -0.140. The number of amides is 2. The Morgan fingerprint density at radius 2 is 1.86 bits per heavy atom. The van der Waals surface area contributed by atoms with Gasteiger partial charge in [-0.15, -0.1) is 0 Å². The van der Waals surface area contributed by atoms with Gasteiger partial charge in [0.15, 0.2) is 5.69 Å². The van der Waals surface area contributed by atoms with E-state index in [0.717, 1.165) is 57.1 Å². The van der Waals surface area contributed by atoms with Crippen molar-refractivity contribution in [1.29, 1.82) is 0 Å². The third-order valence-corrected chi connectivity index (χ3v) is 7.01. The number of rotatable bonds is 5. The molecular weight excluding hydrogens is 368 g/mol. The van der Waals surface area contributed by atoms with Gasteiger partial charge in [0.1, 0.15) is 5.76 Å². The van der Waals surface area contributed by atoms with Crippen LogP contribution in [0.1, 0.15) is 80.5 Å². The van der Waals surface area contributed by atoms with Crippen molar-refractivity contribution < 1.29 is 14.1 Å². The highest BCUT2D eigenvalue weighted by Crippen LogP contribution is 2.40. The van der Waals surface area contributed by atoms with Crippen molar-refractivity contribution in [1.82, 2.24) is 20.3 Å². The standard InChI is InChI=1S/C22H34N4O3/c1-14-12-17(23-21(27)19-13-20(29-24-19)15-4-5-15)10-11-26(14)22(28)16-6-8-18(9-7-16)25(2)3/h13-18H,4-12H2,1-3H3,(H,23,27)/t14-,16?,17?,18?/m0/s1. The highest BCUT2D eigenvalue weighted by Gasteiger charge is 2.36. The second-order valence-corrected chi connectivity index (χ2v) is 9.43. The van der Waals surface area contributed by atoms with Crippen molar-refractivity contribution in [3.63, 3.8) is 0 Å². The number of hydrogen-bond donors (Lipinski definition) is 1. The molecule has 2 saturated carbocycles. The molecule has 3 fully saturated rings. The van der Waals surface area contributed by atoms with Crippen molar-refractivity contribution in [2.24, 2.45) is 5.92 Å².